The highest BCUT2D eigenvalue weighted by atomic mass is 16.5. The second-order valence-electron chi connectivity index (χ2n) is 8.10. The topological polar surface area (TPSA) is 86.3 Å². The summed E-state index contributed by atoms with van der Waals surface area (Å²) in [7, 11) is 0. The Morgan fingerprint density at radius 3 is 2.75 bits per heavy atom. The second-order valence-corrected chi connectivity index (χ2v) is 8.10. The molecule has 2 fully saturated rings. The number of likely N-dealkylation sites (tertiary alicyclic amines) is 1. The largest absolute Gasteiger partial charge is 0.375 e. The molecule has 2 aromatic heterocycles. The molecule has 1 amide bonds. The lowest BCUT2D eigenvalue weighted by Crippen LogP contribution is -2.51. The molecular formula is C20H29N5O3. The molecule has 8 nitrogen and oxygen atoms in total. The minimum atomic E-state index is -0.124. The molecule has 0 aliphatic carbocycles. The zero-order valence-corrected chi connectivity index (χ0v) is 17.0. The van der Waals surface area contributed by atoms with Gasteiger partial charge in [-0.05, 0) is 45.4 Å². The van der Waals surface area contributed by atoms with Crippen molar-refractivity contribution in [2.45, 2.75) is 65.0 Å². The quantitative estimate of drug-likeness (QED) is 0.801. The number of rotatable bonds is 4. The first kappa shape index (κ1) is 19.1. The van der Waals surface area contributed by atoms with Crippen LogP contribution < -0.4 is 0 Å². The number of nitrogens with zero attached hydrogens (tertiary/aromatic N) is 5. The van der Waals surface area contributed by atoms with Crippen molar-refractivity contribution < 1.29 is 14.1 Å². The zero-order chi connectivity index (χ0) is 19.7. The summed E-state index contributed by atoms with van der Waals surface area (Å²) >= 11 is 0. The molecule has 1 atom stereocenters. The van der Waals surface area contributed by atoms with E-state index in [0.29, 0.717) is 17.4 Å². The Balaban J connectivity index is 1.37. The third-order valence-corrected chi connectivity index (χ3v) is 6.10. The molecule has 0 bridgehead atoms. The van der Waals surface area contributed by atoms with Gasteiger partial charge in [0.15, 0.2) is 5.82 Å². The maximum absolute atomic E-state index is 12.9. The molecule has 4 rings (SSSR count). The lowest BCUT2D eigenvalue weighted by Gasteiger charge is -2.46. The molecule has 1 unspecified atom stereocenters. The van der Waals surface area contributed by atoms with E-state index in [1.54, 1.807) is 0 Å². The Morgan fingerprint density at radius 1 is 1.32 bits per heavy atom. The molecule has 2 aromatic rings. The van der Waals surface area contributed by atoms with Crippen molar-refractivity contribution in [2.75, 3.05) is 19.7 Å². The average molecular weight is 387 g/mol. The highest BCUT2D eigenvalue weighted by Crippen LogP contribution is 2.38. The standard InChI is InChI=1S/C20H29N5O3/c1-4-25-13-17(14(2)22-25)19(26)24-8-6-20(7-9-24)12-16(5-10-27-20)11-18-21-15(3)28-23-18/h13,16H,4-12H2,1-3H3. The number of hydrogen-bond donors (Lipinski definition) is 0. The Labute approximate surface area is 165 Å². The highest BCUT2D eigenvalue weighted by Gasteiger charge is 2.41. The van der Waals surface area contributed by atoms with Crippen molar-refractivity contribution in [3.05, 3.63) is 29.2 Å². The van der Waals surface area contributed by atoms with Crippen LogP contribution in [0.3, 0.4) is 0 Å². The fourth-order valence-electron chi connectivity index (χ4n) is 4.51. The average Bonchev–Trinajstić information content (AvgIpc) is 3.27. The van der Waals surface area contributed by atoms with Gasteiger partial charge in [0, 0.05) is 45.8 Å². The summed E-state index contributed by atoms with van der Waals surface area (Å²) in [6.07, 6.45) is 6.47. The molecule has 4 heterocycles. The molecule has 2 aliphatic rings. The van der Waals surface area contributed by atoms with E-state index < -0.39 is 0 Å². The van der Waals surface area contributed by atoms with Crippen molar-refractivity contribution in [1.82, 2.24) is 24.8 Å². The molecule has 1 spiro atoms. The first-order chi connectivity index (χ1) is 13.5. The van der Waals surface area contributed by atoms with E-state index >= 15 is 0 Å². The zero-order valence-electron chi connectivity index (χ0n) is 17.0. The van der Waals surface area contributed by atoms with Gasteiger partial charge in [-0.2, -0.15) is 10.1 Å². The van der Waals surface area contributed by atoms with Crippen molar-refractivity contribution in [3.8, 4) is 0 Å². The van der Waals surface area contributed by atoms with Gasteiger partial charge in [0.05, 0.1) is 16.9 Å². The van der Waals surface area contributed by atoms with Gasteiger partial charge in [-0.1, -0.05) is 5.16 Å². The molecule has 152 valence electrons. The fourth-order valence-corrected chi connectivity index (χ4v) is 4.51. The number of carbonyl (C=O) groups is 1. The van der Waals surface area contributed by atoms with Gasteiger partial charge in [0.25, 0.3) is 5.91 Å². The van der Waals surface area contributed by atoms with E-state index in [4.69, 9.17) is 9.26 Å². The lowest BCUT2D eigenvalue weighted by atomic mass is 9.78. The number of aromatic nitrogens is 4. The molecule has 0 aromatic carbocycles. The van der Waals surface area contributed by atoms with E-state index in [1.807, 2.05) is 36.5 Å². The van der Waals surface area contributed by atoms with Crippen LogP contribution in [0.25, 0.3) is 0 Å². The maximum atomic E-state index is 12.9. The Kier molecular flexibility index (Phi) is 5.23. The summed E-state index contributed by atoms with van der Waals surface area (Å²) in [4.78, 5) is 19.2. The maximum Gasteiger partial charge on any atom is 0.257 e. The number of amides is 1. The van der Waals surface area contributed by atoms with Crippen molar-refractivity contribution in [1.29, 1.82) is 0 Å². The number of carbonyl (C=O) groups excluding carboxylic acids is 1. The summed E-state index contributed by atoms with van der Waals surface area (Å²) in [6.45, 7) is 8.73. The van der Waals surface area contributed by atoms with Crippen LogP contribution >= 0.6 is 0 Å². The van der Waals surface area contributed by atoms with Crippen LogP contribution in [0, 0.1) is 19.8 Å². The van der Waals surface area contributed by atoms with Gasteiger partial charge in [0.2, 0.25) is 5.89 Å². The number of hydrogen-bond acceptors (Lipinski definition) is 6. The first-order valence-electron chi connectivity index (χ1n) is 10.2. The molecular weight excluding hydrogens is 358 g/mol. The van der Waals surface area contributed by atoms with Crippen LogP contribution in [-0.4, -0.2) is 56.0 Å². The summed E-state index contributed by atoms with van der Waals surface area (Å²) in [5, 5.41) is 8.45. The number of piperidine rings is 1. The van der Waals surface area contributed by atoms with Gasteiger partial charge in [-0.25, -0.2) is 0 Å². The monoisotopic (exact) mass is 387 g/mol. The summed E-state index contributed by atoms with van der Waals surface area (Å²) in [6, 6.07) is 0. The van der Waals surface area contributed by atoms with E-state index in [-0.39, 0.29) is 11.5 Å². The predicted molar refractivity (Wildman–Crippen MR) is 102 cm³/mol. The van der Waals surface area contributed by atoms with E-state index in [9.17, 15) is 4.79 Å². The van der Waals surface area contributed by atoms with E-state index in [2.05, 4.69) is 15.2 Å². The summed E-state index contributed by atoms with van der Waals surface area (Å²) < 4.78 is 13.2. The van der Waals surface area contributed by atoms with Crippen LogP contribution in [0.1, 0.15) is 60.4 Å². The normalized spacial score (nSPS) is 22.0. The van der Waals surface area contributed by atoms with Crippen LogP contribution in [-0.2, 0) is 17.7 Å². The minimum absolute atomic E-state index is 0.0849. The smallest absolute Gasteiger partial charge is 0.257 e. The van der Waals surface area contributed by atoms with Crippen LogP contribution in [0.2, 0.25) is 0 Å². The molecule has 8 heteroatoms. The van der Waals surface area contributed by atoms with Gasteiger partial charge in [-0.15, -0.1) is 0 Å². The second kappa shape index (κ2) is 7.66. The van der Waals surface area contributed by atoms with Crippen molar-refractivity contribution >= 4 is 5.91 Å². The predicted octanol–water partition coefficient (Wildman–Crippen LogP) is 2.55. The van der Waals surface area contributed by atoms with Gasteiger partial charge in [0.1, 0.15) is 0 Å². The van der Waals surface area contributed by atoms with Gasteiger partial charge >= 0.3 is 0 Å². The summed E-state index contributed by atoms with van der Waals surface area (Å²) in [5.74, 6) is 1.99. The Bertz CT molecular complexity index is 835. The van der Waals surface area contributed by atoms with Gasteiger partial charge < -0.3 is 14.2 Å². The third kappa shape index (κ3) is 3.83. The van der Waals surface area contributed by atoms with Crippen LogP contribution in [0.4, 0.5) is 0 Å². The molecule has 0 radical (unpaired) electrons. The van der Waals surface area contributed by atoms with E-state index in [1.165, 1.54) is 0 Å². The molecule has 2 saturated heterocycles. The van der Waals surface area contributed by atoms with E-state index in [0.717, 1.165) is 69.9 Å². The van der Waals surface area contributed by atoms with Gasteiger partial charge in [-0.3, -0.25) is 9.48 Å². The Hall–Kier alpha value is -2.22. The van der Waals surface area contributed by atoms with Crippen molar-refractivity contribution in [2.24, 2.45) is 5.92 Å². The third-order valence-electron chi connectivity index (χ3n) is 6.10. The number of ether oxygens (including phenoxy) is 1. The first-order valence-corrected chi connectivity index (χ1v) is 10.2. The lowest BCUT2D eigenvalue weighted by molar-refractivity contribution is -0.123. The highest BCUT2D eigenvalue weighted by molar-refractivity contribution is 5.95. The van der Waals surface area contributed by atoms with Crippen LogP contribution in [0.5, 0.6) is 0 Å². The van der Waals surface area contributed by atoms with Crippen molar-refractivity contribution in [3.63, 3.8) is 0 Å². The van der Waals surface area contributed by atoms with Crippen LogP contribution in [0.15, 0.2) is 10.7 Å². The molecule has 0 N–H and O–H groups in total. The Morgan fingerprint density at radius 2 is 2.11 bits per heavy atom. The molecule has 2 aliphatic heterocycles. The SMILES string of the molecule is CCn1cc(C(=O)N2CCC3(CC2)CC(Cc2noc(C)n2)CCO3)c(C)n1. The fraction of sp³-hybridized carbons (Fsp3) is 0.700. The molecule has 28 heavy (non-hydrogen) atoms. The minimum Gasteiger partial charge on any atom is -0.375 e. The summed E-state index contributed by atoms with van der Waals surface area (Å²) in [5.41, 5.74) is 1.39. The number of aryl methyl sites for hydroxylation is 3. The molecule has 0 saturated carbocycles.